The molecule has 2 aromatic heterocycles. The number of carbonyl (C=O) groups is 1. The van der Waals surface area contributed by atoms with Crippen LogP contribution in [0.1, 0.15) is 21.5 Å². The number of hydrogen-bond acceptors (Lipinski definition) is 7. The third-order valence-electron chi connectivity index (χ3n) is 6.53. The molecule has 5 rings (SSSR count). The van der Waals surface area contributed by atoms with E-state index in [1.165, 1.54) is 12.4 Å². The molecule has 202 valence electrons. The first-order valence-corrected chi connectivity index (χ1v) is 12.4. The molecule has 13 heteroatoms. The number of hydrogen-bond donors (Lipinski definition) is 1. The molecule has 1 aliphatic heterocycles. The molecule has 0 saturated carbocycles. The zero-order chi connectivity index (χ0) is 27.7. The summed E-state index contributed by atoms with van der Waals surface area (Å²) in [7, 11) is 1.94. The number of aromatic nitrogens is 5. The number of aryl methyl sites for hydroxylation is 1. The van der Waals surface area contributed by atoms with Gasteiger partial charge in [-0.1, -0.05) is 22.9 Å². The average molecular weight is 557 g/mol. The standard InChI is InChI=1S/C26H24ClF3N8O/c1-16-3-4-19(11-22(16)38-14-21(34-35-38)18-12-31-15-32-13-18)33-25(39)17-9-20(26(28,29)30)24(27)23(10-17)37-7-5-36(2)6-8-37/h3-4,9-15H,5-8H2,1-2H3,(H,33,39). The van der Waals surface area contributed by atoms with Crippen LogP contribution in [0.25, 0.3) is 16.9 Å². The molecule has 3 heterocycles. The Labute approximate surface area is 227 Å². The van der Waals surface area contributed by atoms with Crippen LogP contribution in [0.15, 0.2) is 55.2 Å². The first-order valence-electron chi connectivity index (χ1n) is 12.0. The Morgan fingerprint density at radius 2 is 1.74 bits per heavy atom. The molecular formula is C26H24ClF3N8O. The van der Waals surface area contributed by atoms with E-state index in [4.69, 9.17) is 11.6 Å². The molecule has 39 heavy (non-hydrogen) atoms. The van der Waals surface area contributed by atoms with Crippen LogP contribution in [0.5, 0.6) is 0 Å². The lowest BCUT2D eigenvalue weighted by molar-refractivity contribution is -0.137. The summed E-state index contributed by atoms with van der Waals surface area (Å²) < 4.78 is 43.2. The van der Waals surface area contributed by atoms with Crippen molar-refractivity contribution in [2.45, 2.75) is 13.1 Å². The highest BCUT2D eigenvalue weighted by molar-refractivity contribution is 6.34. The van der Waals surface area contributed by atoms with Crippen LogP contribution in [0.2, 0.25) is 5.02 Å². The molecular weight excluding hydrogens is 533 g/mol. The van der Waals surface area contributed by atoms with E-state index >= 15 is 0 Å². The zero-order valence-electron chi connectivity index (χ0n) is 21.1. The number of anilines is 2. The van der Waals surface area contributed by atoms with Gasteiger partial charge in [-0.3, -0.25) is 4.79 Å². The number of piperazine rings is 1. The van der Waals surface area contributed by atoms with E-state index in [1.54, 1.807) is 46.4 Å². The summed E-state index contributed by atoms with van der Waals surface area (Å²) in [5.74, 6) is -0.692. The fourth-order valence-electron chi connectivity index (χ4n) is 4.31. The van der Waals surface area contributed by atoms with Crippen LogP contribution in [0, 0.1) is 6.92 Å². The fourth-order valence-corrected chi connectivity index (χ4v) is 4.64. The smallest absolute Gasteiger partial charge is 0.368 e. The Balaban J connectivity index is 1.44. The Hall–Kier alpha value is -4.03. The van der Waals surface area contributed by atoms with Gasteiger partial charge < -0.3 is 15.1 Å². The van der Waals surface area contributed by atoms with Gasteiger partial charge in [-0.2, -0.15) is 13.2 Å². The molecule has 9 nitrogen and oxygen atoms in total. The van der Waals surface area contributed by atoms with E-state index in [2.05, 4.69) is 30.5 Å². The van der Waals surface area contributed by atoms with Crippen molar-refractivity contribution in [1.82, 2.24) is 29.9 Å². The highest BCUT2D eigenvalue weighted by atomic mass is 35.5. The topological polar surface area (TPSA) is 92.1 Å². The second-order valence-electron chi connectivity index (χ2n) is 9.28. The monoisotopic (exact) mass is 556 g/mol. The predicted octanol–water partition coefficient (Wildman–Crippen LogP) is 4.71. The summed E-state index contributed by atoms with van der Waals surface area (Å²) in [6, 6.07) is 7.32. The lowest BCUT2D eigenvalue weighted by Gasteiger charge is -2.35. The normalized spacial score (nSPS) is 14.5. The molecule has 1 aliphatic rings. The molecule has 1 amide bonds. The van der Waals surface area contributed by atoms with Gasteiger partial charge in [-0.25, -0.2) is 14.6 Å². The second kappa shape index (κ2) is 10.6. The summed E-state index contributed by atoms with van der Waals surface area (Å²) in [6.45, 7) is 4.19. The quantitative estimate of drug-likeness (QED) is 0.381. The minimum absolute atomic E-state index is 0.144. The van der Waals surface area contributed by atoms with E-state index in [0.29, 0.717) is 48.8 Å². The molecule has 1 N–H and O–H groups in total. The molecule has 0 atom stereocenters. The number of carbonyl (C=O) groups excluding carboxylic acids is 1. The van der Waals surface area contributed by atoms with Crippen LogP contribution in [-0.2, 0) is 6.18 Å². The summed E-state index contributed by atoms with van der Waals surface area (Å²) in [4.78, 5) is 25.0. The number of alkyl halides is 3. The van der Waals surface area contributed by atoms with Crippen LogP contribution < -0.4 is 10.2 Å². The number of likely N-dealkylation sites (N-methyl/N-ethyl adjacent to an activating group) is 1. The van der Waals surface area contributed by atoms with Crippen LogP contribution in [0.3, 0.4) is 0 Å². The number of halogens is 4. The Morgan fingerprint density at radius 3 is 2.44 bits per heavy atom. The highest BCUT2D eigenvalue weighted by Crippen LogP contribution is 2.41. The largest absolute Gasteiger partial charge is 0.417 e. The van der Waals surface area contributed by atoms with E-state index in [-0.39, 0.29) is 11.3 Å². The van der Waals surface area contributed by atoms with Gasteiger partial charge in [-0.05, 0) is 43.8 Å². The maximum absolute atomic E-state index is 13.9. The molecule has 4 aromatic rings. The van der Waals surface area contributed by atoms with Crippen molar-refractivity contribution in [3.63, 3.8) is 0 Å². The van der Waals surface area contributed by atoms with Crippen molar-refractivity contribution in [3.8, 4) is 16.9 Å². The molecule has 0 aliphatic carbocycles. The third kappa shape index (κ3) is 5.71. The second-order valence-corrected chi connectivity index (χ2v) is 9.65. The Kier molecular flexibility index (Phi) is 7.23. The minimum Gasteiger partial charge on any atom is -0.368 e. The van der Waals surface area contributed by atoms with E-state index in [1.807, 2.05) is 14.0 Å². The van der Waals surface area contributed by atoms with Crippen molar-refractivity contribution in [3.05, 3.63) is 77.0 Å². The fraction of sp³-hybridized carbons (Fsp3) is 0.269. The molecule has 1 saturated heterocycles. The predicted molar refractivity (Wildman–Crippen MR) is 141 cm³/mol. The zero-order valence-corrected chi connectivity index (χ0v) is 21.8. The lowest BCUT2D eigenvalue weighted by Crippen LogP contribution is -2.44. The Morgan fingerprint density at radius 1 is 1.03 bits per heavy atom. The summed E-state index contributed by atoms with van der Waals surface area (Å²) in [5, 5.41) is 10.6. The third-order valence-corrected chi connectivity index (χ3v) is 6.93. The van der Waals surface area contributed by atoms with Crippen LogP contribution in [-0.4, -0.2) is 69.0 Å². The summed E-state index contributed by atoms with van der Waals surface area (Å²) in [5.41, 5.74) is 2.10. The molecule has 0 unspecified atom stereocenters. The number of nitrogens with zero attached hydrogens (tertiary/aromatic N) is 7. The van der Waals surface area contributed by atoms with Crippen molar-refractivity contribution >= 4 is 28.9 Å². The Bertz CT molecular complexity index is 1500. The van der Waals surface area contributed by atoms with Crippen molar-refractivity contribution < 1.29 is 18.0 Å². The first kappa shape index (κ1) is 26.6. The minimum atomic E-state index is -4.72. The van der Waals surface area contributed by atoms with Gasteiger partial charge in [0.2, 0.25) is 0 Å². The number of amides is 1. The van der Waals surface area contributed by atoms with Crippen LogP contribution >= 0.6 is 11.6 Å². The van der Waals surface area contributed by atoms with Gasteiger partial charge >= 0.3 is 6.18 Å². The molecule has 2 aromatic carbocycles. The summed E-state index contributed by atoms with van der Waals surface area (Å²) in [6.07, 6.45) is 1.62. The molecule has 0 bridgehead atoms. The number of rotatable bonds is 5. The van der Waals surface area contributed by atoms with E-state index in [0.717, 1.165) is 11.6 Å². The van der Waals surface area contributed by atoms with Crippen molar-refractivity contribution in [2.75, 3.05) is 43.4 Å². The maximum atomic E-state index is 13.9. The van der Waals surface area contributed by atoms with Gasteiger partial charge in [-0.15, -0.1) is 5.10 Å². The van der Waals surface area contributed by atoms with E-state index < -0.39 is 22.7 Å². The average Bonchev–Trinajstić information content (AvgIpc) is 3.40. The first-order chi connectivity index (χ1) is 18.6. The van der Waals surface area contributed by atoms with Gasteiger partial charge in [0.25, 0.3) is 5.91 Å². The van der Waals surface area contributed by atoms with Crippen molar-refractivity contribution in [2.24, 2.45) is 0 Å². The van der Waals surface area contributed by atoms with Gasteiger partial charge in [0.1, 0.15) is 12.0 Å². The summed E-state index contributed by atoms with van der Waals surface area (Å²) >= 11 is 6.22. The van der Waals surface area contributed by atoms with Gasteiger partial charge in [0, 0.05) is 55.4 Å². The lowest BCUT2D eigenvalue weighted by atomic mass is 10.1. The van der Waals surface area contributed by atoms with Crippen LogP contribution in [0.4, 0.5) is 24.5 Å². The highest BCUT2D eigenvalue weighted by Gasteiger charge is 2.36. The molecule has 1 fully saturated rings. The van der Waals surface area contributed by atoms with Gasteiger partial charge in [0.15, 0.2) is 0 Å². The van der Waals surface area contributed by atoms with Crippen molar-refractivity contribution in [1.29, 1.82) is 0 Å². The SMILES string of the molecule is Cc1ccc(NC(=O)c2cc(N3CCN(C)CC3)c(Cl)c(C(F)(F)F)c2)cc1-n1cc(-c2cncnc2)nn1. The van der Waals surface area contributed by atoms with E-state index in [9.17, 15) is 18.0 Å². The number of benzene rings is 2. The molecule has 0 radical (unpaired) electrons. The number of nitrogens with one attached hydrogen (secondary N) is 1. The van der Waals surface area contributed by atoms with Gasteiger partial charge in [0.05, 0.1) is 28.2 Å². The maximum Gasteiger partial charge on any atom is 0.417 e. The molecule has 0 spiro atoms.